The molecule has 0 amide bonds. The Morgan fingerprint density at radius 3 is 2.33 bits per heavy atom. The van der Waals surface area contributed by atoms with Gasteiger partial charge < -0.3 is 15.5 Å². The largest absolute Gasteiger partial charge is 0.330 e. The maximum Gasteiger partial charge on any atom is 0.00106 e. The topological polar surface area (TPSA) is 32.5 Å². The second-order valence-electron chi connectivity index (χ2n) is 6.42. The van der Waals surface area contributed by atoms with Gasteiger partial charge >= 0.3 is 0 Å². The zero-order valence-electron chi connectivity index (χ0n) is 12.1. The summed E-state index contributed by atoms with van der Waals surface area (Å²) in [6.07, 6.45) is 6.94. The van der Waals surface area contributed by atoms with Crippen LogP contribution in [0.25, 0.3) is 0 Å². The van der Waals surface area contributed by atoms with Crippen LogP contribution in [0.15, 0.2) is 0 Å². The molecule has 18 heavy (non-hydrogen) atoms. The van der Waals surface area contributed by atoms with Gasteiger partial charge in [-0.3, -0.25) is 0 Å². The minimum atomic E-state index is 0.687. The fourth-order valence-corrected chi connectivity index (χ4v) is 3.24. The summed E-state index contributed by atoms with van der Waals surface area (Å²) in [7, 11) is 0. The quantitative estimate of drug-likeness (QED) is 0.783. The molecular weight excluding hydrogens is 222 g/mol. The lowest BCUT2D eigenvalue weighted by Gasteiger charge is -2.34. The molecule has 106 valence electrons. The molecule has 2 saturated heterocycles. The summed E-state index contributed by atoms with van der Waals surface area (Å²) in [5, 5.41) is 0. The molecule has 2 aliphatic rings. The van der Waals surface area contributed by atoms with Crippen molar-refractivity contribution in [3.63, 3.8) is 0 Å². The van der Waals surface area contributed by atoms with Crippen molar-refractivity contribution >= 4 is 0 Å². The molecule has 0 saturated carbocycles. The Kier molecular flexibility index (Phi) is 5.93. The van der Waals surface area contributed by atoms with E-state index in [1.54, 1.807) is 0 Å². The van der Waals surface area contributed by atoms with Crippen LogP contribution in [0.3, 0.4) is 0 Å². The van der Waals surface area contributed by atoms with Crippen LogP contribution in [0.4, 0.5) is 0 Å². The number of hydrogen-bond acceptors (Lipinski definition) is 3. The van der Waals surface area contributed by atoms with Gasteiger partial charge in [0.15, 0.2) is 0 Å². The number of piperidine rings is 1. The highest BCUT2D eigenvalue weighted by atomic mass is 15.2. The van der Waals surface area contributed by atoms with Crippen molar-refractivity contribution in [1.82, 2.24) is 9.80 Å². The first kappa shape index (κ1) is 14.3. The van der Waals surface area contributed by atoms with Gasteiger partial charge in [0.25, 0.3) is 0 Å². The van der Waals surface area contributed by atoms with Gasteiger partial charge in [-0.25, -0.2) is 0 Å². The second-order valence-corrected chi connectivity index (χ2v) is 6.42. The standard InChI is InChI=1S/C15H31N3/c1-14(12-16)4-9-17-10-5-15(6-11-17)13-18-7-2-3-8-18/h14-15H,2-13,16H2,1H3. The van der Waals surface area contributed by atoms with E-state index in [1.165, 1.54) is 71.4 Å². The summed E-state index contributed by atoms with van der Waals surface area (Å²) < 4.78 is 0. The summed E-state index contributed by atoms with van der Waals surface area (Å²) in [4.78, 5) is 5.32. The highest BCUT2D eigenvalue weighted by Crippen LogP contribution is 2.21. The summed E-state index contributed by atoms with van der Waals surface area (Å²) in [5.41, 5.74) is 5.68. The smallest absolute Gasteiger partial charge is 0.00106 e. The first-order valence-corrected chi connectivity index (χ1v) is 7.92. The van der Waals surface area contributed by atoms with Crippen LogP contribution in [0.1, 0.15) is 39.0 Å². The summed E-state index contributed by atoms with van der Waals surface area (Å²) in [5.74, 6) is 1.65. The van der Waals surface area contributed by atoms with Crippen molar-refractivity contribution < 1.29 is 0 Å². The number of nitrogens with zero attached hydrogens (tertiary/aromatic N) is 2. The molecule has 0 bridgehead atoms. The van der Waals surface area contributed by atoms with E-state index in [2.05, 4.69) is 16.7 Å². The third-order valence-corrected chi connectivity index (χ3v) is 4.76. The first-order valence-electron chi connectivity index (χ1n) is 7.92. The fourth-order valence-electron chi connectivity index (χ4n) is 3.24. The number of hydrogen-bond donors (Lipinski definition) is 1. The maximum absolute atomic E-state index is 5.68. The predicted octanol–water partition coefficient (Wildman–Crippen LogP) is 1.78. The molecule has 2 heterocycles. The number of rotatable bonds is 6. The van der Waals surface area contributed by atoms with E-state index in [4.69, 9.17) is 5.73 Å². The van der Waals surface area contributed by atoms with Crippen LogP contribution in [-0.2, 0) is 0 Å². The second kappa shape index (κ2) is 7.46. The molecule has 0 spiro atoms. The lowest BCUT2D eigenvalue weighted by atomic mass is 9.95. The average Bonchev–Trinajstić information content (AvgIpc) is 2.90. The SMILES string of the molecule is CC(CN)CCN1CCC(CN2CCCC2)CC1. The van der Waals surface area contributed by atoms with Gasteiger partial charge in [-0.2, -0.15) is 0 Å². The Bertz CT molecular complexity index is 218. The van der Waals surface area contributed by atoms with Crippen LogP contribution < -0.4 is 5.73 Å². The predicted molar refractivity (Wildman–Crippen MR) is 77.7 cm³/mol. The molecule has 3 nitrogen and oxygen atoms in total. The molecule has 3 heteroatoms. The Morgan fingerprint density at radius 1 is 1.06 bits per heavy atom. The lowest BCUT2D eigenvalue weighted by Crippen LogP contribution is -2.39. The number of likely N-dealkylation sites (tertiary alicyclic amines) is 2. The molecular formula is C15H31N3. The van der Waals surface area contributed by atoms with Crippen molar-refractivity contribution in [1.29, 1.82) is 0 Å². The minimum Gasteiger partial charge on any atom is -0.330 e. The van der Waals surface area contributed by atoms with E-state index in [-0.39, 0.29) is 0 Å². The lowest BCUT2D eigenvalue weighted by molar-refractivity contribution is 0.149. The van der Waals surface area contributed by atoms with Crippen molar-refractivity contribution in [3.8, 4) is 0 Å². The molecule has 0 aromatic carbocycles. The van der Waals surface area contributed by atoms with Gasteiger partial charge in [0.1, 0.15) is 0 Å². The molecule has 0 aliphatic carbocycles. The van der Waals surface area contributed by atoms with Crippen molar-refractivity contribution in [3.05, 3.63) is 0 Å². The summed E-state index contributed by atoms with van der Waals surface area (Å²) in [6.45, 7) is 11.1. The maximum atomic E-state index is 5.68. The highest BCUT2D eigenvalue weighted by molar-refractivity contribution is 4.77. The zero-order valence-corrected chi connectivity index (χ0v) is 12.1. The Labute approximate surface area is 113 Å². The molecule has 0 radical (unpaired) electrons. The van der Waals surface area contributed by atoms with E-state index in [1.807, 2.05) is 0 Å². The third-order valence-electron chi connectivity index (χ3n) is 4.76. The zero-order chi connectivity index (χ0) is 12.8. The van der Waals surface area contributed by atoms with Crippen molar-refractivity contribution in [2.24, 2.45) is 17.6 Å². The molecule has 1 atom stereocenters. The Balaban J connectivity index is 1.58. The van der Waals surface area contributed by atoms with Gasteiger partial charge in [0.05, 0.1) is 0 Å². The normalized spacial score (nSPS) is 25.7. The Morgan fingerprint density at radius 2 is 1.72 bits per heavy atom. The fraction of sp³-hybridized carbons (Fsp3) is 1.00. The molecule has 2 fully saturated rings. The van der Waals surface area contributed by atoms with Crippen molar-refractivity contribution in [2.75, 3.05) is 45.8 Å². The molecule has 0 aromatic rings. The van der Waals surface area contributed by atoms with Gasteiger partial charge in [0.2, 0.25) is 0 Å². The van der Waals surface area contributed by atoms with Gasteiger partial charge in [-0.1, -0.05) is 6.92 Å². The summed E-state index contributed by atoms with van der Waals surface area (Å²) in [6, 6.07) is 0. The Hall–Kier alpha value is -0.120. The van der Waals surface area contributed by atoms with E-state index < -0.39 is 0 Å². The summed E-state index contributed by atoms with van der Waals surface area (Å²) >= 11 is 0. The van der Waals surface area contributed by atoms with E-state index in [0.29, 0.717) is 5.92 Å². The molecule has 1 unspecified atom stereocenters. The van der Waals surface area contributed by atoms with Crippen LogP contribution in [-0.4, -0.2) is 55.6 Å². The molecule has 2 N–H and O–H groups in total. The van der Waals surface area contributed by atoms with Crippen molar-refractivity contribution in [2.45, 2.75) is 39.0 Å². The highest BCUT2D eigenvalue weighted by Gasteiger charge is 2.22. The van der Waals surface area contributed by atoms with Crippen LogP contribution in [0, 0.1) is 11.8 Å². The average molecular weight is 253 g/mol. The van der Waals surface area contributed by atoms with E-state index >= 15 is 0 Å². The third kappa shape index (κ3) is 4.52. The number of nitrogens with two attached hydrogens (primary N) is 1. The first-order chi connectivity index (χ1) is 8.78. The monoisotopic (exact) mass is 253 g/mol. The van der Waals surface area contributed by atoms with Gasteiger partial charge in [-0.15, -0.1) is 0 Å². The van der Waals surface area contributed by atoms with Gasteiger partial charge in [-0.05, 0) is 83.2 Å². The minimum absolute atomic E-state index is 0.687. The van der Waals surface area contributed by atoms with Crippen LogP contribution >= 0.6 is 0 Å². The van der Waals surface area contributed by atoms with Crippen LogP contribution in [0.5, 0.6) is 0 Å². The molecule has 0 aromatic heterocycles. The van der Waals surface area contributed by atoms with E-state index in [0.717, 1.165) is 12.5 Å². The van der Waals surface area contributed by atoms with Gasteiger partial charge in [0, 0.05) is 6.54 Å². The molecule has 2 aliphatic heterocycles. The molecule has 2 rings (SSSR count). The van der Waals surface area contributed by atoms with Crippen LogP contribution in [0.2, 0.25) is 0 Å². The van der Waals surface area contributed by atoms with E-state index in [9.17, 15) is 0 Å².